The highest BCUT2D eigenvalue weighted by atomic mass is 35.5. The van der Waals surface area contributed by atoms with Gasteiger partial charge in [0.05, 0.1) is 12.5 Å². The fourth-order valence-corrected chi connectivity index (χ4v) is 6.91. The van der Waals surface area contributed by atoms with Crippen LogP contribution in [-0.2, 0) is 11.3 Å². The van der Waals surface area contributed by atoms with Crippen LogP contribution in [0, 0.1) is 11.3 Å². The van der Waals surface area contributed by atoms with Crippen molar-refractivity contribution >= 4 is 36.6 Å². The summed E-state index contributed by atoms with van der Waals surface area (Å²) in [5.41, 5.74) is 2.71. The van der Waals surface area contributed by atoms with Crippen LogP contribution in [0.15, 0.2) is 79.0 Å². The number of piperidine rings is 1. The number of likely N-dealkylation sites (tertiary alicyclic amines) is 3. The Bertz CT molecular complexity index is 1320. The highest BCUT2D eigenvalue weighted by Crippen LogP contribution is 2.43. The van der Waals surface area contributed by atoms with E-state index >= 15 is 0 Å². The number of rotatable bonds is 7. The minimum Gasteiger partial charge on any atom is -0.497 e. The van der Waals surface area contributed by atoms with Crippen molar-refractivity contribution in [2.24, 2.45) is 11.3 Å². The number of aromatic nitrogens is 1. The number of carbonyl (C=O) groups is 2. The van der Waals surface area contributed by atoms with E-state index in [1.165, 1.54) is 5.56 Å². The van der Waals surface area contributed by atoms with Gasteiger partial charge in [-0.05, 0) is 73.7 Å². The Morgan fingerprint density at radius 1 is 0.905 bits per heavy atom. The molecule has 2 aromatic carbocycles. The summed E-state index contributed by atoms with van der Waals surface area (Å²) in [7, 11) is 1.67. The normalized spacial score (nSPS) is 21.6. The molecule has 0 saturated carbocycles. The van der Waals surface area contributed by atoms with E-state index < -0.39 is 0 Å². The third-order valence-corrected chi connectivity index (χ3v) is 9.28. The van der Waals surface area contributed by atoms with E-state index in [1.807, 2.05) is 52.3 Å². The average molecular weight is 612 g/mol. The summed E-state index contributed by atoms with van der Waals surface area (Å²) >= 11 is 0. The summed E-state index contributed by atoms with van der Waals surface area (Å²) in [6.45, 7) is 5.71. The van der Waals surface area contributed by atoms with Gasteiger partial charge in [0.25, 0.3) is 5.91 Å². The van der Waals surface area contributed by atoms with Crippen molar-refractivity contribution in [3.8, 4) is 5.75 Å². The van der Waals surface area contributed by atoms with Gasteiger partial charge >= 0.3 is 0 Å². The highest BCUT2D eigenvalue weighted by molar-refractivity contribution is 5.92. The molecule has 0 unspecified atom stereocenters. The summed E-state index contributed by atoms with van der Waals surface area (Å²) in [5, 5.41) is 0. The van der Waals surface area contributed by atoms with E-state index in [1.54, 1.807) is 19.4 Å². The van der Waals surface area contributed by atoms with Gasteiger partial charge in [0.15, 0.2) is 0 Å². The van der Waals surface area contributed by atoms with Crippen LogP contribution in [-0.4, -0.2) is 77.9 Å². The van der Waals surface area contributed by atoms with Crippen molar-refractivity contribution in [1.29, 1.82) is 0 Å². The number of carbonyl (C=O) groups excluding carboxylic acids is 2. The number of hydrogen-bond acceptors (Lipinski definition) is 5. The number of nitrogens with zero attached hydrogens (tertiary/aromatic N) is 4. The molecule has 3 fully saturated rings. The lowest BCUT2D eigenvalue weighted by molar-refractivity contribution is -0.139. The summed E-state index contributed by atoms with van der Waals surface area (Å²) in [6, 6.07) is 24.1. The molecule has 3 aromatic rings. The van der Waals surface area contributed by atoms with Crippen molar-refractivity contribution in [1.82, 2.24) is 19.7 Å². The van der Waals surface area contributed by atoms with E-state index in [4.69, 9.17) is 4.74 Å². The first-order chi connectivity index (χ1) is 19.5. The molecule has 0 N–H and O–H groups in total. The maximum absolute atomic E-state index is 13.6. The smallest absolute Gasteiger partial charge is 0.272 e. The third kappa shape index (κ3) is 6.59. The number of pyridine rings is 1. The van der Waals surface area contributed by atoms with Crippen LogP contribution < -0.4 is 4.74 Å². The molecule has 0 bridgehead atoms. The van der Waals surface area contributed by atoms with Crippen LogP contribution in [0.25, 0.3) is 0 Å². The Morgan fingerprint density at radius 2 is 1.60 bits per heavy atom. The molecule has 3 aliphatic rings. The Hall–Kier alpha value is -3.13. The maximum atomic E-state index is 13.6. The fourth-order valence-electron chi connectivity index (χ4n) is 6.91. The molecule has 42 heavy (non-hydrogen) atoms. The lowest BCUT2D eigenvalue weighted by Gasteiger charge is -2.39. The predicted octanol–water partition coefficient (Wildman–Crippen LogP) is 5.30. The second kappa shape index (κ2) is 13.9. The summed E-state index contributed by atoms with van der Waals surface area (Å²) in [4.78, 5) is 37.7. The summed E-state index contributed by atoms with van der Waals surface area (Å²) in [6.07, 6.45) is 4.44. The zero-order valence-corrected chi connectivity index (χ0v) is 25.7. The van der Waals surface area contributed by atoms with Gasteiger partial charge in [0, 0.05) is 44.8 Å². The van der Waals surface area contributed by atoms with Crippen LogP contribution in [0.2, 0.25) is 0 Å². The Balaban J connectivity index is 0.00000202. The topological polar surface area (TPSA) is 66.0 Å². The van der Waals surface area contributed by atoms with Crippen LogP contribution in [0.1, 0.15) is 46.8 Å². The molecule has 7 nitrogen and oxygen atoms in total. The average Bonchev–Trinajstić information content (AvgIpc) is 3.56. The number of ether oxygens (including phenoxy) is 1. The Morgan fingerprint density at radius 3 is 2.26 bits per heavy atom. The first-order valence-electron chi connectivity index (χ1n) is 14.4. The van der Waals surface area contributed by atoms with E-state index in [2.05, 4.69) is 34.1 Å². The third-order valence-electron chi connectivity index (χ3n) is 9.28. The molecule has 3 saturated heterocycles. The fraction of sp³-hybridized carbons (Fsp3) is 0.424. The molecule has 3 aliphatic heterocycles. The molecule has 0 aliphatic carbocycles. The lowest BCUT2D eigenvalue weighted by atomic mass is 9.76. The van der Waals surface area contributed by atoms with Crippen molar-refractivity contribution in [3.05, 3.63) is 95.8 Å². The molecule has 1 spiro atoms. The van der Waals surface area contributed by atoms with Crippen molar-refractivity contribution in [3.63, 3.8) is 0 Å². The van der Waals surface area contributed by atoms with Crippen LogP contribution in [0.3, 0.4) is 0 Å². The van der Waals surface area contributed by atoms with Gasteiger partial charge in [-0.3, -0.25) is 14.6 Å². The molecule has 2 atom stereocenters. The van der Waals surface area contributed by atoms with E-state index in [0.717, 1.165) is 63.3 Å². The first-order valence-corrected chi connectivity index (χ1v) is 14.4. The van der Waals surface area contributed by atoms with E-state index in [9.17, 15) is 9.59 Å². The molecule has 6 rings (SSSR count). The number of methoxy groups -OCH3 is 1. The van der Waals surface area contributed by atoms with Crippen LogP contribution in [0.5, 0.6) is 5.75 Å². The molecule has 1 aromatic heterocycles. The molecule has 2 amide bonds. The van der Waals surface area contributed by atoms with Crippen LogP contribution >= 0.6 is 24.8 Å². The van der Waals surface area contributed by atoms with Gasteiger partial charge in [0.1, 0.15) is 11.4 Å². The number of benzene rings is 2. The van der Waals surface area contributed by atoms with Gasteiger partial charge in [-0.1, -0.05) is 48.5 Å². The summed E-state index contributed by atoms with van der Waals surface area (Å²) in [5.74, 6) is 1.79. The second-order valence-corrected chi connectivity index (χ2v) is 11.6. The monoisotopic (exact) mass is 610 g/mol. The Kier molecular flexibility index (Phi) is 10.5. The zero-order chi connectivity index (χ0) is 27.5. The zero-order valence-electron chi connectivity index (χ0n) is 24.1. The minimum absolute atomic E-state index is 0. The highest BCUT2D eigenvalue weighted by Gasteiger charge is 2.48. The van der Waals surface area contributed by atoms with Gasteiger partial charge in [-0.2, -0.15) is 0 Å². The largest absolute Gasteiger partial charge is 0.497 e. The van der Waals surface area contributed by atoms with E-state index in [-0.39, 0.29) is 42.1 Å². The molecular formula is C33H40Cl2N4O3. The van der Waals surface area contributed by atoms with Gasteiger partial charge in [-0.15, -0.1) is 24.8 Å². The molecular weight excluding hydrogens is 571 g/mol. The molecule has 4 heterocycles. The van der Waals surface area contributed by atoms with Crippen LogP contribution in [0.4, 0.5) is 0 Å². The first kappa shape index (κ1) is 31.8. The van der Waals surface area contributed by atoms with Crippen molar-refractivity contribution < 1.29 is 14.3 Å². The second-order valence-electron chi connectivity index (χ2n) is 11.6. The maximum Gasteiger partial charge on any atom is 0.272 e. The lowest BCUT2D eigenvalue weighted by Crippen LogP contribution is -2.46. The number of halogens is 2. The summed E-state index contributed by atoms with van der Waals surface area (Å²) < 4.78 is 5.27. The number of hydrogen-bond donors (Lipinski definition) is 0. The molecule has 0 radical (unpaired) electrons. The predicted molar refractivity (Wildman–Crippen MR) is 168 cm³/mol. The quantitative estimate of drug-likeness (QED) is 0.363. The minimum atomic E-state index is -0.224. The van der Waals surface area contributed by atoms with Crippen molar-refractivity contribution in [2.75, 3.05) is 46.4 Å². The van der Waals surface area contributed by atoms with Gasteiger partial charge in [-0.25, -0.2) is 0 Å². The molecule has 9 heteroatoms. The van der Waals surface area contributed by atoms with Crippen molar-refractivity contribution in [2.45, 2.75) is 31.7 Å². The number of amides is 2. The standard InChI is InChI=1S/C33H38N4O3.2ClH/c1-40-28-12-10-25(11-13-28)21-36-20-16-33(32(36)39)14-18-35(19-15-33)22-27-23-37(31(38)30-9-5-6-17-34-30)24-29(27)26-7-3-2-4-8-26;;/h2-13,17,27,29H,14-16,18-24H2,1H3;2*1H/t27-,29+;;/m0../s1. The van der Waals surface area contributed by atoms with E-state index in [0.29, 0.717) is 30.6 Å². The molecule has 224 valence electrons. The van der Waals surface area contributed by atoms with Gasteiger partial charge < -0.3 is 19.4 Å². The van der Waals surface area contributed by atoms with Gasteiger partial charge in [0.2, 0.25) is 5.91 Å². The Labute approximate surface area is 261 Å². The SMILES string of the molecule is COc1ccc(CN2CCC3(CCN(C[C@H]4CN(C(=O)c5ccccn5)C[C@@H]4c4ccccc4)CC3)C2=O)cc1.Cl.Cl.